The molecule has 1 aliphatic heterocycles. The van der Waals surface area contributed by atoms with Gasteiger partial charge in [-0.05, 0) is 39.8 Å². The molecule has 0 spiro atoms. The first-order valence-corrected chi connectivity index (χ1v) is 7.11. The molecule has 1 N–H and O–H groups in total. The van der Waals surface area contributed by atoms with Crippen molar-refractivity contribution in [3.8, 4) is 0 Å². The van der Waals surface area contributed by atoms with Gasteiger partial charge in [0.1, 0.15) is 0 Å². The molecule has 0 saturated carbocycles. The smallest absolute Gasteiger partial charge is 0.309 e. The van der Waals surface area contributed by atoms with Gasteiger partial charge in [0.2, 0.25) is 0 Å². The molecule has 3 unspecified atom stereocenters. The highest BCUT2D eigenvalue weighted by Gasteiger charge is 2.22. The van der Waals surface area contributed by atoms with Gasteiger partial charge in [-0.25, -0.2) is 0 Å². The van der Waals surface area contributed by atoms with Crippen molar-refractivity contribution in [2.24, 2.45) is 5.92 Å². The predicted octanol–water partition coefficient (Wildman–Crippen LogP) is 1.65. The molecule has 0 aromatic heterocycles. The monoisotopic (exact) mass is 256 g/mol. The van der Waals surface area contributed by atoms with Crippen molar-refractivity contribution < 1.29 is 9.53 Å². The summed E-state index contributed by atoms with van der Waals surface area (Å²) >= 11 is 0. The second-order valence-electron chi connectivity index (χ2n) is 5.45. The van der Waals surface area contributed by atoms with Crippen molar-refractivity contribution in [2.75, 3.05) is 26.7 Å². The second kappa shape index (κ2) is 7.74. The van der Waals surface area contributed by atoms with Crippen molar-refractivity contribution in [2.45, 2.75) is 52.1 Å². The highest BCUT2D eigenvalue weighted by molar-refractivity contribution is 5.72. The van der Waals surface area contributed by atoms with E-state index >= 15 is 0 Å². The molecule has 0 aromatic carbocycles. The largest absolute Gasteiger partial charge is 0.469 e. The molecule has 18 heavy (non-hydrogen) atoms. The first-order chi connectivity index (χ1) is 8.56. The summed E-state index contributed by atoms with van der Waals surface area (Å²) in [7, 11) is 1.45. The van der Waals surface area contributed by atoms with Gasteiger partial charge in [0.15, 0.2) is 0 Å². The second-order valence-corrected chi connectivity index (χ2v) is 5.45. The van der Waals surface area contributed by atoms with Crippen LogP contribution in [0.15, 0.2) is 0 Å². The third-order valence-corrected chi connectivity index (χ3v) is 4.07. The number of esters is 1. The number of hydrogen-bond donors (Lipinski definition) is 1. The van der Waals surface area contributed by atoms with Gasteiger partial charge in [-0.1, -0.05) is 13.3 Å². The summed E-state index contributed by atoms with van der Waals surface area (Å²) in [6, 6.07) is 0.697. The average Bonchev–Trinajstić information content (AvgIpc) is 2.43. The summed E-state index contributed by atoms with van der Waals surface area (Å²) in [6.45, 7) is 9.57. The third kappa shape index (κ3) is 4.58. The lowest BCUT2D eigenvalue weighted by Gasteiger charge is -2.33. The Labute approximate surface area is 111 Å². The summed E-state index contributed by atoms with van der Waals surface area (Å²) in [5, 5.41) is 3.45. The molecule has 1 rings (SSSR count). The van der Waals surface area contributed by atoms with Gasteiger partial charge in [-0.2, -0.15) is 0 Å². The zero-order chi connectivity index (χ0) is 13.5. The number of ether oxygens (including phenoxy) is 1. The Kier molecular flexibility index (Phi) is 6.65. The van der Waals surface area contributed by atoms with Crippen molar-refractivity contribution in [3.05, 3.63) is 0 Å². The Morgan fingerprint density at radius 3 is 2.39 bits per heavy atom. The zero-order valence-corrected chi connectivity index (χ0v) is 12.2. The topological polar surface area (TPSA) is 41.6 Å². The normalized spacial score (nSPS) is 22.2. The van der Waals surface area contributed by atoms with Gasteiger partial charge in [0, 0.05) is 18.6 Å². The van der Waals surface area contributed by atoms with Crippen molar-refractivity contribution in [1.82, 2.24) is 10.2 Å². The minimum atomic E-state index is -0.138. The van der Waals surface area contributed by atoms with E-state index in [2.05, 4.69) is 17.1 Å². The molecule has 3 atom stereocenters. The number of hydrogen-bond acceptors (Lipinski definition) is 4. The summed E-state index contributed by atoms with van der Waals surface area (Å²) < 4.78 is 4.77. The number of likely N-dealkylation sites (tertiary alicyclic amines) is 1. The van der Waals surface area contributed by atoms with Crippen LogP contribution in [0.2, 0.25) is 0 Å². The molecule has 1 heterocycles. The lowest BCUT2D eigenvalue weighted by molar-refractivity contribution is -0.145. The predicted molar refractivity (Wildman–Crippen MR) is 73.5 cm³/mol. The van der Waals surface area contributed by atoms with Crippen LogP contribution in [-0.4, -0.2) is 49.7 Å². The zero-order valence-electron chi connectivity index (χ0n) is 12.2. The molecule has 1 fully saturated rings. The quantitative estimate of drug-likeness (QED) is 0.734. The molecule has 0 bridgehead atoms. The van der Waals surface area contributed by atoms with Gasteiger partial charge < -0.3 is 10.1 Å². The van der Waals surface area contributed by atoms with Crippen LogP contribution < -0.4 is 5.32 Å². The standard InChI is InChI=1S/C14H28N2O2/c1-11(16-8-6-5-7-9-16)10-15-13(3)12(2)14(17)18-4/h11-13,15H,5-10H2,1-4H3. The number of carbonyl (C=O) groups excluding carboxylic acids is 1. The summed E-state index contributed by atoms with van der Waals surface area (Å²) in [5.41, 5.74) is 0. The molecular weight excluding hydrogens is 228 g/mol. The number of piperidine rings is 1. The fourth-order valence-corrected chi connectivity index (χ4v) is 2.41. The molecule has 0 radical (unpaired) electrons. The maximum Gasteiger partial charge on any atom is 0.309 e. The van der Waals surface area contributed by atoms with E-state index in [9.17, 15) is 4.79 Å². The lowest BCUT2D eigenvalue weighted by atomic mass is 10.0. The van der Waals surface area contributed by atoms with E-state index in [4.69, 9.17) is 4.74 Å². The average molecular weight is 256 g/mol. The van der Waals surface area contributed by atoms with Gasteiger partial charge >= 0.3 is 5.97 Å². The first kappa shape index (κ1) is 15.4. The maximum atomic E-state index is 11.4. The van der Waals surface area contributed by atoms with Gasteiger partial charge in [-0.3, -0.25) is 9.69 Å². The Bertz CT molecular complexity index is 252. The minimum Gasteiger partial charge on any atom is -0.469 e. The summed E-state index contributed by atoms with van der Waals surface area (Å²) in [4.78, 5) is 14.0. The van der Waals surface area contributed by atoms with Crippen LogP contribution in [0.4, 0.5) is 0 Å². The van der Waals surface area contributed by atoms with E-state index in [1.165, 1.54) is 39.5 Å². The Morgan fingerprint density at radius 2 is 1.83 bits per heavy atom. The molecule has 1 saturated heterocycles. The van der Waals surface area contributed by atoms with Crippen molar-refractivity contribution >= 4 is 5.97 Å². The van der Waals surface area contributed by atoms with Gasteiger partial charge in [0.05, 0.1) is 13.0 Å². The fraction of sp³-hybridized carbons (Fsp3) is 0.929. The van der Waals surface area contributed by atoms with E-state index in [0.29, 0.717) is 6.04 Å². The molecule has 0 aromatic rings. The number of carbonyl (C=O) groups is 1. The van der Waals surface area contributed by atoms with E-state index in [1.54, 1.807) is 0 Å². The fourth-order valence-electron chi connectivity index (χ4n) is 2.41. The van der Waals surface area contributed by atoms with Crippen LogP contribution in [0, 0.1) is 5.92 Å². The highest BCUT2D eigenvalue weighted by atomic mass is 16.5. The third-order valence-electron chi connectivity index (χ3n) is 4.07. The molecular formula is C14H28N2O2. The molecule has 4 nitrogen and oxygen atoms in total. The van der Waals surface area contributed by atoms with Crippen molar-refractivity contribution in [3.63, 3.8) is 0 Å². The maximum absolute atomic E-state index is 11.4. The number of nitrogens with zero attached hydrogens (tertiary/aromatic N) is 1. The highest BCUT2D eigenvalue weighted by Crippen LogP contribution is 2.12. The Morgan fingerprint density at radius 1 is 1.22 bits per heavy atom. The van der Waals surface area contributed by atoms with E-state index in [1.807, 2.05) is 13.8 Å². The number of rotatable bonds is 6. The van der Waals surface area contributed by atoms with Crippen LogP contribution >= 0.6 is 0 Å². The Hall–Kier alpha value is -0.610. The number of methoxy groups -OCH3 is 1. The van der Waals surface area contributed by atoms with Crippen LogP contribution in [0.5, 0.6) is 0 Å². The SMILES string of the molecule is COC(=O)C(C)C(C)NCC(C)N1CCCCC1. The van der Waals surface area contributed by atoms with Crippen LogP contribution in [-0.2, 0) is 9.53 Å². The summed E-state index contributed by atoms with van der Waals surface area (Å²) in [5.74, 6) is -0.232. The molecule has 0 amide bonds. The number of nitrogens with one attached hydrogen (secondary N) is 1. The van der Waals surface area contributed by atoms with Crippen LogP contribution in [0.1, 0.15) is 40.0 Å². The minimum absolute atomic E-state index is 0.0939. The Balaban J connectivity index is 2.28. The molecule has 106 valence electrons. The van der Waals surface area contributed by atoms with E-state index < -0.39 is 0 Å². The van der Waals surface area contributed by atoms with Crippen LogP contribution in [0.25, 0.3) is 0 Å². The van der Waals surface area contributed by atoms with Crippen molar-refractivity contribution in [1.29, 1.82) is 0 Å². The van der Waals surface area contributed by atoms with Gasteiger partial charge in [0.25, 0.3) is 0 Å². The molecule has 1 aliphatic rings. The van der Waals surface area contributed by atoms with Gasteiger partial charge in [-0.15, -0.1) is 0 Å². The van der Waals surface area contributed by atoms with E-state index in [0.717, 1.165) is 6.54 Å². The lowest BCUT2D eigenvalue weighted by Crippen LogP contribution is -2.47. The van der Waals surface area contributed by atoms with Crippen LogP contribution in [0.3, 0.4) is 0 Å². The first-order valence-electron chi connectivity index (χ1n) is 7.11. The molecule has 4 heteroatoms. The molecule has 0 aliphatic carbocycles. The van der Waals surface area contributed by atoms with E-state index in [-0.39, 0.29) is 17.9 Å². The summed E-state index contributed by atoms with van der Waals surface area (Å²) in [6.07, 6.45) is 4.00.